The topological polar surface area (TPSA) is 124 Å². The van der Waals surface area contributed by atoms with Crippen LogP contribution in [0.5, 0.6) is 0 Å². The number of carboxylic acid groups (broad SMARTS) is 1. The number of aromatic carboxylic acids is 1. The molecule has 10 heteroatoms. The van der Waals surface area contributed by atoms with E-state index in [1.807, 2.05) is 44.7 Å². The van der Waals surface area contributed by atoms with Crippen LogP contribution in [0.2, 0.25) is 0 Å². The summed E-state index contributed by atoms with van der Waals surface area (Å²) in [7, 11) is 0. The average Bonchev–Trinajstić information content (AvgIpc) is 3.16. The van der Waals surface area contributed by atoms with Gasteiger partial charge in [0.25, 0.3) is 0 Å². The largest absolute Gasteiger partial charge is 0.478 e. The third kappa shape index (κ3) is 5.89. The van der Waals surface area contributed by atoms with Crippen molar-refractivity contribution >= 4 is 34.9 Å². The van der Waals surface area contributed by atoms with Gasteiger partial charge >= 0.3 is 12.1 Å². The number of hydrogen-bond donors (Lipinski definition) is 3. The number of piperazine rings is 1. The normalized spacial score (nSPS) is 19.1. The van der Waals surface area contributed by atoms with Crippen LogP contribution in [-0.2, 0) is 11.3 Å². The van der Waals surface area contributed by atoms with Gasteiger partial charge < -0.3 is 25.0 Å². The van der Waals surface area contributed by atoms with Gasteiger partial charge in [0.1, 0.15) is 11.4 Å². The highest BCUT2D eigenvalue weighted by atomic mass is 16.6. The molecule has 0 saturated carbocycles. The van der Waals surface area contributed by atoms with Crippen molar-refractivity contribution in [3.8, 4) is 0 Å². The SMILES string of the molecule is C[C@@H]1CN(Cc2ccnc(Nc3nc4ccc(C(=O)O)cc4[nH]3)c2)[C@@H](C)CN1C(=O)OC(C)(C)C. The lowest BCUT2D eigenvalue weighted by Crippen LogP contribution is -2.58. The van der Waals surface area contributed by atoms with Gasteiger partial charge in [-0.2, -0.15) is 0 Å². The van der Waals surface area contributed by atoms with Crippen LogP contribution in [0.3, 0.4) is 0 Å². The molecule has 3 heterocycles. The van der Waals surface area contributed by atoms with Crippen molar-refractivity contribution in [1.29, 1.82) is 0 Å². The van der Waals surface area contributed by atoms with Crippen LogP contribution in [-0.4, -0.2) is 72.7 Å². The molecule has 1 fully saturated rings. The van der Waals surface area contributed by atoms with Gasteiger partial charge in [-0.05, 0) is 70.5 Å². The molecule has 1 amide bonds. The zero-order valence-corrected chi connectivity index (χ0v) is 20.7. The van der Waals surface area contributed by atoms with Gasteiger partial charge in [0, 0.05) is 37.9 Å². The molecule has 3 aromatic rings. The lowest BCUT2D eigenvalue weighted by molar-refractivity contribution is -0.0117. The quantitative estimate of drug-likeness (QED) is 0.496. The Hall–Kier alpha value is -3.66. The number of aromatic amines is 1. The van der Waals surface area contributed by atoms with E-state index in [0.717, 1.165) is 12.1 Å². The number of carbonyl (C=O) groups excluding carboxylic acids is 1. The Bertz CT molecular complexity index is 1230. The summed E-state index contributed by atoms with van der Waals surface area (Å²) >= 11 is 0. The summed E-state index contributed by atoms with van der Waals surface area (Å²) in [6.45, 7) is 11.8. The number of benzene rings is 1. The molecule has 4 rings (SSSR count). The maximum atomic E-state index is 12.6. The molecule has 0 aliphatic carbocycles. The summed E-state index contributed by atoms with van der Waals surface area (Å²) in [6.07, 6.45) is 1.47. The fourth-order valence-electron chi connectivity index (χ4n) is 4.19. The minimum Gasteiger partial charge on any atom is -0.478 e. The first-order valence-electron chi connectivity index (χ1n) is 11.7. The van der Waals surface area contributed by atoms with Gasteiger partial charge in [0.15, 0.2) is 0 Å². The molecule has 1 saturated heterocycles. The molecule has 1 aromatic carbocycles. The van der Waals surface area contributed by atoms with E-state index in [0.29, 0.717) is 35.9 Å². The number of carbonyl (C=O) groups is 2. The average molecular weight is 481 g/mol. The van der Waals surface area contributed by atoms with Crippen molar-refractivity contribution in [2.75, 3.05) is 18.4 Å². The first kappa shape index (κ1) is 24.5. The summed E-state index contributed by atoms with van der Waals surface area (Å²) in [5, 5.41) is 12.4. The molecule has 1 aliphatic rings. The van der Waals surface area contributed by atoms with Crippen LogP contribution >= 0.6 is 0 Å². The predicted molar refractivity (Wildman–Crippen MR) is 133 cm³/mol. The molecule has 0 spiro atoms. The summed E-state index contributed by atoms with van der Waals surface area (Å²) in [4.78, 5) is 39.9. The highest BCUT2D eigenvalue weighted by Crippen LogP contribution is 2.23. The number of fused-ring (bicyclic) bond motifs is 1. The molecule has 0 unspecified atom stereocenters. The van der Waals surface area contributed by atoms with Crippen molar-refractivity contribution in [2.45, 2.75) is 58.8 Å². The van der Waals surface area contributed by atoms with E-state index in [-0.39, 0.29) is 23.7 Å². The van der Waals surface area contributed by atoms with E-state index < -0.39 is 11.6 Å². The Kier molecular flexibility index (Phi) is 6.66. The molecule has 0 bridgehead atoms. The molecule has 3 N–H and O–H groups in total. The van der Waals surface area contributed by atoms with Crippen molar-refractivity contribution in [1.82, 2.24) is 24.8 Å². The summed E-state index contributed by atoms with van der Waals surface area (Å²) in [5.41, 5.74) is 2.06. The van der Waals surface area contributed by atoms with Crippen LogP contribution in [0, 0.1) is 0 Å². The molecular weight excluding hydrogens is 448 g/mol. The van der Waals surface area contributed by atoms with Crippen LogP contribution in [0.15, 0.2) is 36.5 Å². The second-order valence-electron chi connectivity index (χ2n) is 10.1. The number of nitrogens with one attached hydrogen (secondary N) is 2. The second-order valence-corrected chi connectivity index (χ2v) is 10.1. The zero-order valence-electron chi connectivity index (χ0n) is 20.7. The Morgan fingerprint density at radius 2 is 1.94 bits per heavy atom. The van der Waals surface area contributed by atoms with Crippen LogP contribution < -0.4 is 5.32 Å². The van der Waals surface area contributed by atoms with Crippen molar-refractivity contribution in [3.63, 3.8) is 0 Å². The standard InChI is InChI=1S/C25H32N6O4/c1-15-13-31(24(34)35-25(3,4)5)16(2)12-30(15)14-17-8-9-26-21(10-17)29-23-27-19-7-6-18(22(32)33)11-20(19)28-23/h6-11,15-16H,12-14H2,1-5H3,(H,32,33)(H2,26,27,28,29)/t15-,16+/m0/s1. The van der Waals surface area contributed by atoms with Gasteiger partial charge in [-0.15, -0.1) is 0 Å². The third-order valence-electron chi connectivity index (χ3n) is 5.93. The minimum absolute atomic E-state index is 0.0340. The third-order valence-corrected chi connectivity index (χ3v) is 5.93. The van der Waals surface area contributed by atoms with Crippen LogP contribution in [0.1, 0.15) is 50.5 Å². The maximum Gasteiger partial charge on any atom is 0.410 e. The number of ether oxygens (including phenoxy) is 1. The lowest BCUT2D eigenvalue weighted by atomic mass is 10.1. The Morgan fingerprint density at radius 1 is 1.17 bits per heavy atom. The number of rotatable bonds is 5. The number of aromatic nitrogens is 3. The monoisotopic (exact) mass is 480 g/mol. The summed E-state index contributed by atoms with van der Waals surface area (Å²) < 4.78 is 5.58. The molecular formula is C25H32N6O4. The van der Waals surface area contributed by atoms with E-state index >= 15 is 0 Å². The van der Waals surface area contributed by atoms with E-state index in [4.69, 9.17) is 4.74 Å². The number of amides is 1. The second kappa shape index (κ2) is 9.53. The summed E-state index contributed by atoms with van der Waals surface area (Å²) in [5.74, 6) is 0.133. The van der Waals surface area contributed by atoms with Gasteiger partial charge in [-0.1, -0.05) is 0 Å². The molecule has 1 aliphatic heterocycles. The first-order chi connectivity index (χ1) is 16.5. The highest BCUT2D eigenvalue weighted by molar-refractivity contribution is 5.92. The molecule has 0 radical (unpaired) electrons. The van der Waals surface area contributed by atoms with Gasteiger partial charge in [-0.3, -0.25) is 4.90 Å². The van der Waals surface area contributed by atoms with E-state index in [9.17, 15) is 14.7 Å². The maximum absolute atomic E-state index is 12.6. The fourth-order valence-corrected chi connectivity index (χ4v) is 4.19. The Labute approximate surface area is 204 Å². The lowest BCUT2D eigenvalue weighted by Gasteiger charge is -2.44. The van der Waals surface area contributed by atoms with E-state index in [1.54, 1.807) is 18.3 Å². The number of anilines is 2. The van der Waals surface area contributed by atoms with Crippen molar-refractivity contribution < 1.29 is 19.4 Å². The number of hydrogen-bond acceptors (Lipinski definition) is 7. The van der Waals surface area contributed by atoms with E-state index in [2.05, 4.69) is 32.1 Å². The molecule has 2 atom stereocenters. The van der Waals surface area contributed by atoms with E-state index in [1.165, 1.54) is 6.07 Å². The van der Waals surface area contributed by atoms with Crippen LogP contribution in [0.4, 0.5) is 16.6 Å². The van der Waals surface area contributed by atoms with Crippen LogP contribution in [0.25, 0.3) is 11.0 Å². The van der Waals surface area contributed by atoms with Crippen molar-refractivity contribution in [3.05, 3.63) is 47.7 Å². The number of H-pyrrole nitrogens is 1. The fraction of sp³-hybridized carbons (Fsp3) is 0.440. The Morgan fingerprint density at radius 3 is 2.66 bits per heavy atom. The number of imidazole rings is 1. The van der Waals surface area contributed by atoms with Crippen molar-refractivity contribution in [2.24, 2.45) is 0 Å². The highest BCUT2D eigenvalue weighted by Gasteiger charge is 2.34. The zero-order chi connectivity index (χ0) is 25.3. The first-order valence-corrected chi connectivity index (χ1v) is 11.7. The molecule has 35 heavy (non-hydrogen) atoms. The number of nitrogens with zero attached hydrogens (tertiary/aromatic N) is 4. The van der Waals surface area contributed by atoms with Gasteiger partial charge in [0.05, 0.1) is 16.6 Å². The molecule has 186 valence electrons. The minimum atomic E-state index is -0.985. The number of pyridine rings is 1. The van der Waals surface area contributed by atoms with Gasteiger partial charge in [0.2, 0.25) is 5.95 Å². The molecule has 10 nitrogen and oxygen atoms in total. The predicted octanol–water partition coefficient (Wildman–Crippen LogP) is 4.23. The van der Waals surface area contributed by atoms with Gasteiger partial charge in [-0.25, -0.2) is 19.6 Å². The molecule has 2 aromatic heterocycles. The summed E-state index contributed by atoms with van der Waals surface area (Å²) in [6, 6.07) is 8.89. The number of carboxylic acids is 1. The Balaban J connectivity index is 1.42. The smallest absolute Gasteiger partial charge is 0.410 e.